The average Bonchev–Trinajstić information content (AvgIpc) is 2.71. The van der Waals surface area contributed by atoms with Crippen molar-refractivity contribution in [2.75, 3.05) is 35.0 Å². The number of allylic oxidation sites excluding steroid dienone is 1. The number of hydrogen-bond donors (Lipinski definition) is 0. The smallest absolute Gasteiger partial charge is 0.172 e. The average molecular weight is 389 g/mol. The van der Waals surface area contributed by atoms with Gasteiger partial charge in [0.25, 0.3) is 0 Å². The van der Waals surface area contributed by atoms with Crippen LogP contribution in [0, 0.1) is 0 Å². The summed E-state index contributed by atoms with van der Waals surface area (Å²) in [5.74, 6) is 2.65. The van der Waals surface area contributed by atoms with Crippen molar-refractivity contribution in [1.82, 2.24) is 0 Å². The van der Waals surface area contributed by atoms with Crippen molar-refractivity contribution in [3.8, 4) is 23.0 Å². The number of hydrogen-bond acceptors (Lipinski definition) is 5. The molecule has 1 atom stereocenters. The highest BCUT2D eigenvalue weighted by molar-refractivity contribution is 6.01. The third-order valence-corrected chi connectivity index (χ3v) is 4.61. The molecule has 2 aromatic carbocycles. The molecule has 0 fully saturated rings. The molecular formula is C23H32O5. The summed E-state index contributed by atoms with van der Waals surface area (Å²) in [6.45, 7) is 6.90. The van der Waals surface area contributed by atoms with Gasteiger partial charge in [-0.3, -0.25) is 0 Å². The molecule has 0 bridgehead atoms. The summed E-state index contributed by atoms with van der Waals surface area (Å²) in [7, 11) is 6.59. The molecule has 0 saturated heterocycles. The second-order valence-electron chi connectivity index (χ2n) is 6.77. The van der Waals surface area contributed by atoms with Crippen LogP contribution >= 0.6 is 0 Å². The Morgan fingerprint density at radius 2 is 1.61 bits per heavy atom. The molecule has 0 saturated carbocycles. The molecule has 0 aliphatic carbocycles. The Hall–Kier alpha value is -2.40. The molecule has 0 N–H and O–H groups in total. The van der Waals surface area contributed by atoms with Crippen LogP contribution in [0.15, 0.2) is 29.8 Å². The fourth-order valence-corrected chi connectivity index (χ4v) is 3.39. The van der Waals surface area contributed by atoms with Crippen molar-refractivity contribution in [2.24, 2.45) is 0 Å². The second kappa shape index (κ2) is 10.2. The highest BCUT2D eigenvalue weighted by atomic mass is 16.5. The van der Waals surface area contributed by atoms with Crippen molar-refractivity contribution in [3.63, 3.8) is 0 Å². The molecule has 154 valence electrons. The Bertz CT molecular complexity index is 822. The lowest BCUT2D eigenvalue weighted by molar-refractivity contribution is 0.0515. The van der Waals surface area contributed by atoms with E-state index in [1.165, 1.54) is 5.57 Å². The van der Waals surface area contributed by atoms with E-state index >= 15 is 0 Å². The highest BCUT2D eigenvalue weighted by Gasteiger charge is 2.29. The van der Waals surface area contributed by atoms with E-state index in [-0.39, 0.29) is 6.10 Å². The number of ether oxygens (including phenoxy) is 5. The molecule has 5 nitrogen and oxygen atoms in total. The van der Waals surface area contributed by atoms with Gasteiger partial charge < -0.3 is 23.7 Å². The number of benzene rings is 2. The van der Waals surface area contributed by atoms with Crippen LogP contribution in [0.1, 0.15) is 45.3 Å². The largest absolute Gasteiger partial charge is 0.496 e. The van der Waals surface area contributed by atoms with E-state index in [1.54, 1.807) is 28.4 Å². The minimum absolute atomic E-state index is 0.218. The molecule has 0 heterocycles. The maximum Gasteiger partial charge on any atom is 0.172 e. The lowest BCUT2D eigenvalue weighted by atomic mass is 9.96. The van der Waals surface area contributed by atoms with Crippen molar-refractivity contribution >= 4 is 10.8 Å². The van der Waals surface area contributed by atoms with Gasteiger partial charge >= 0.3 is 0 Å². The van der Waals surface area contributed by atoms with Gasteiger partial charge in [-0.25, -0.2) is 0 Å². The predicted molar refractivity (Wildman–Crippen MR) is 113 cm³/mol. The summed E-state index contributed by atoms with van der Waals surface area (Å²) in [5, 5.41) is 1.72. The van der Waals surface area contributed by atoms with Gasteiger partial charge in [0.15, 0.2) is 11.5 Å². The lowest BCUT2D eigenvalue weighted by Gasteiger charge is -2.25. The molecule has 2 rings (SSSR count). The minimum Gasteiger partial charge on any atom is -0.496 e. The van der Waals surface area contributed by atoms with Crippen LogP contribution in [0.2, 0.25) is 0 Å². The van der Waals surface area contributed by atoms with Crippen LogP contribution in [-0.4, -0.2) is 35.0 Å². The van der Waals surface area contributed by atoms with Crippen LogP contribution in [0.3, 0.4) is 0 Å². The fourth-order valence-electron chi connectivity index (χ4n) is 3.39. The van der Waals surface area contributed by atoms with Gasteiger partial charge in [-0.15, -0.1) is 0 Å². The number of fused-ring (bicyclic) bond motifs is 1. The Balaban J connectivity index is 2.86. The van der Waals surface area contributed by atoms with Gasteiger partial charge in [-0.05, 0) is 32.8 Å². The maximum atomic E-state index is 6.23. The van der Waals surface area contributed by atoms with Gasteiger partial charge in [0.05, 0.1) is 45.5 Å². The first-order chi connectivity index (χ1) is 13.5. The number of rotatable bonds is 10. The van der Waals surface area contributed by atoms with E-state index in [9.17, 15) is 0 Å². The van der Waals surface area contributed by atoms with Crippen molar-refractivity contribution in [3.05, 3.63) is 35.4 Å². The fraction of sp³-hybridized carbons (Fsp3) is 0.478. The molecule has 0 spiro atoms. The van der Waals surface area contributed by atoms with Gasteiger partial charge in [-0.1, -0.05) is 30.7 Å². The highest BCUT2D eigenvalue weighted by Crippen LogP contribution is 2.52. The molecule has 0 aliphatic heterocycles. The van der Waals surface area contributed by atoms with Gasteiger partial charge in [0, 0.05) is 12.0 Å². The number of methoxy groups -OCH3 is 4. The zero-order chi connectivity index (χ0) is 20.7. The summed E-state index contributed by atoms with van der Waals surface area (Å²) < 4.78 is 29.3. The Morgan fingerprint density at radius 3 is 2.14 bits per heavy atom. The van der Waals surface area contributed by atoms with E-state index in [1.807, 2.05) is 18.2 Å². The molecule has 5 heteroatoms. The van der Waals surface area contributed by atoms with Crippen LogP contribution in [0.5, 0.6) is 23.0 Å². The summed E-state index contributed by atoms with van der Waals surface area (Å²) in [4.78, 5) is 0. The van der Waals surface area contributed by atoms with Crippen molar-refractivity contribution in [2.45, 2.75) is 39.7 Å². The second-order valence-corrected chi connectivity index (χ2v) is 6.77. The van der Waals surface area contributed by atoms with E-state index in [0.717, 1.165) is 28.5 Å². The zero-order valence-corrected chi connectivity index (χ0v) is 18.0. The molecule has 0 aromatic heterocycles. The van der Waals surface area contributed by atoms with Crippen LogP contribution in [0.25, 0.3) is 10.8 Å². The van der Waals surface area contributed by atoms with E-state index in [0.29, 0.717) is 30.3 Å². The SMILES string of the molecule is CCCOC(CC=C(C)C)c1c(OC)c(OC)c2c(OC)cccc2c1OC. The van der Waals surface area contributed by atoms with E-state index in [4.69, 9.17) is 23.7 Å². The Kier molecular flexibility index (Phi) is 8.00. The molecular weight excluding hydrogens is 356 g/mol. The van der Waals surface area contributed by atoms with Crippen LogP contribution in [0.4, 0.5) is 0 Å². The predicted octanol–water partition coefficient (Wildman–Crippen LogP) is 5.70. The first kappa shape index (κ1) is 21.9. The first-order valence-corrected chi connectivity index (χ1v) is 9.57. The standard InChI is InChI=1S/C23H32O5/c1-8-14-28-18(13-12-15(2)3)20-21(25-5)16-10-9-11-17(24-4)19(16)22(26-6)23(20)27-7/h9-12,18H,8,13-14H2,1-7H3. The Morgan fingerprint density at radius 1 is 0.929 bits per heavy atom. The zero-order valence-electron chi connectivity index (χ0n) is 18.0. The van der Waals surface area contributed by atoms with Gasteiger partial charge in [0.2, 0.25) is 0 Å². The Labute approximate surface area is 168 Å². The first-order valence-electron chi connectivity index (χ1n) is 9.57. The molecule has 0 aliphatic rings. The maximum absolute atomic E-state index is 6.23. The summed E-state index contributed by atoms with van der Waals surface area (Å²) in [6.07, 6.45) is 3.59. The van der Waals surface area contributed by atoms with Crippen LogP contribution in [-0.2, 0) is 4.74 Å². The summed E-state index contributed by atoms with van der Waals surface area (Å²) >= 11 is 0. The summed E-state index contributed by atoms with van der Waals surface area (Å²) in [6, 6.07) is 5.84. The summed E-state index contributed by atoms with van der Waals surface area (Å²) in [5.41, 5.74) is 2.09. The van der Waals surface area contributed by atoms with Gasteiger partial charge in [-0.2, -0.15) is 0 Å². The monoisotopic (exact) mass is 388 g/mol. The molecule has 1 unspecified atom stereocenters. The third-order valence-electron chi connectivity index (χ3n) is 4.61. The quantitative estimate of drug-likeness (QED) is 0.489. The van der Waals surface area contributed by atoms with E-state index < -0.39 is 0 Å². The normalized spacial score (nSPS) is 11.8. The molecule has 0 amide bonds. The third kappa shape index (κ3) is 4.36. The van der Waals surface area contributed by atoms with E-state index in [2.05, 4.69) is 26.8 Å². The lowest BCUT2D eigenvalue weighted by Crippen LogP contribution is -2.10. The topological polar surface area (TPSA) is 46.2 Å². The minimum atomic E-state index is -0.218. The molecule has 2 aromatic rings. The van der Waals surface area contributed by atoms with Crippen molar-refractivity contribution < 1.29 is 23.7 Å². The molecule has 0 radical (unpaired) electrons. The van der Waals surface area contributed by atoms with Crippen molar-refractivity contribution in [1.29, 1.82) is 0 Å². The van der Waals surface area contributed by atoms with Crippen LogP contribution < -0.4 is 18.9 Å². The van der Waals surface area contributed by atoms with Gasteiger partial charge in [0.1, 0.15) is 11.5 Å². The molecule has 28 heavy (non-hydrogen) atoms.